The Hall–Kier alpha value is -0.747. The average molecular weight is 589 g/mol. The molecule has 3 heteroatoms. The van der Waals surface area contributed by atoms with E-state index >= 15 is 0 Å². The molecule has 0 spiro atoms. The van der Waals surface area contributed by atoms with Gasteiger partial charge in [0.05, 0.1) is 0 Å². The molecule has 4 rings (SSSR count). The Morgan fingerprint density at radius 3 is 1.54 bits per heavy atom. The normalized spacial score (nSPS) is 15.3. The molecule has 3 aromatic rings. The number of allylic oxidation sites excluding steroid dienone is 4. The zero-order chi connectivity index (χ0) is 23.7. The van der Waals surface area contributed by atoms with Gasteiger partial charge < -0.3 is 24.8 Å². The molecule has 1 unspecified atom stereocenters. The number of halogens is 2. The van der Waals surface area contributed by atoms with Gasteiger partial charge in [-0.15, -0.1) is 39.7 Å². The molecule has 3 aromatic carbocycles. The van der Waals surface area contributed by atoms with Crippen LogP contribution in [0.3, 0.4) is 0 Å². The van der Waals surface area contributed by atoms with Gasteiger partial charge in [-0.05, 0) is 10.8 Å². The standard InChI is InChI=1S/C21H25.C11H17.2ClH.Zr/c1-20(2,3)16-7-9-18-14(12-16)11-15-13-17(21(4,5)6)8-10-19(15)18;1-4-9-7-8-10(5-2)11(9)6-3;;;/h7-13H,1-6H3;7,10H,4-6H2,1-3H3;2*1H;/q2*-1;;;+4/p-2. The molecule has 0 heterocycles. The molecule has 0 aliphatic heterocycles. The van der Waals surface area contributed by atoms with E-state index in [1.807, 2.05) is 0 Å². The van der Waals surface area contributed by atoms with Crippen LogP contribution in [0.25, 0.3) is 21.5 Å². The molecule has 0 bridgehead atoms. The maximum absolute atomic E-state index is 3.41. The fourth-order valence-electron chi connectivity index (χ4n) is 4.74. The van der Waals surface area contributed by atoms with Crippen LogP contribution in [0.5, 0.6) is 0 Å². The second-order valence-electron chi connectivity index (χ2n) is 11.3. The predicted molar refractivity (Wildman–Crippen MR) is 144 cm³/mol. The summed E-state index contributed by atoms with van der Waals surface area (Å²) in [5, 5.41) is 5.48. The molecule has 35 heavy (non-hydrogen) atoms. The smallest absolute Gasteiger partial charge is 1.00 e. The van der Waals surface area contributed by atoms with Crippen LogP contribution in [0.2, 0.25) is 0 Å². The van der Waals surface area contributed by atoms with Crippen LogP contribution in [0.15, 0.2) is 59.7 Å². The summed E-state index contributed by atoms with van der Waals surface area (Å²) in [7, 11) is 0. The van der Waals surface area contributed by atoms with E-state index in [1.165, 1.54) is 57.5 Å². The van der Waals surface area contributed by atoms with Crippen LogP contribution in [-0.2, 0) is 37.0 Å². The zero-order valence-electron chi connectivity index (χ0n) is 23.1. The molecular weight excluding hydrogens is 546 g/mol. The van der Waals surface area contributed by atoms with Crippen molar-refractivity contribution in [2.45, 2.75) is 92.4 Å². The second-order valence-corrected chi connectivity index (χ2v) is 11.3. The Bertz CT molecular complexity index is 1080. The van der Waals surface area contributed by atoms with E-state index in [4.69, 9.17) is 0 Å². The Labute approximate surface area is 246 Å². The number of hydrogen-bond donors (Lipinski definition) is 0. The summed E-state index contributed by atoms with van der Waals surface area (Å²) >= 11 is 0. The second kappa shape index (κ2) is 13.7. The van der Waals surface area contributed by atoms with Crippen molar-refractivity contribution >= 4 is 21.5 Å². The quantitative estimate of drug-likeness (QED) is 0.409. The first-order valence-electron chi connectivity index (χ1n) is 12.4. The van der Waals surface area contributed by atoms with E-state index in [0.717, 1.165) is 0 Å². The van der Waals surface area contributed by atoms with E-state index in [1.54, 1.807) is 5.57 Å². The average Bonchev–Trinajstić information content (AvgIpc) is 3.31. The molecule has 188 valence electrons. The van der Waals surface area contributed by atoms with Gasteiger partial charge in [0.15, 0.2) is 0 Å². The summed E-state index contributed by atoms with van der Waals surface area (Å²) in [5.41, 5.74) is 6.36. The Balaban J connectivity index is 0.000000714. The molecule has 0 radical (unpaired) electrons. The Morgan fingerprint density at radius 1 is 0.743 bits per heavy atom. The largest absolute Gasteiger partial charge is 4.00 e. The van der Waals surface area contributed by atoms with Crippen molar-refractivity contribution in [1.82, 2.24) is 0 Å². The summed E-state index contributed by atoms with van der Waals surface area (Å²) in [5.74, 6) is 0.634. The summed E-state index contributed by atoms with van der Waals surface area (Å²) in [6, 6.07) is 16.2. The first-order chi connectivity index (χ1) is 15.0. The molecular formula is C32H42Cl2Zr. The van der Waals surface area contributed by atoms with Gasteiger partial charge in [0, 0.05) is 0 Å². The van der Waals surface area contributed by atoms with Gasteiger partial charge in [-0.1, -0.05) is 123 Å². The van der Waals surface area contributed by atoms with Gasteiger partial charge in [-0.2, -0.15) is 11.1 Å². The van der Waals surface area contributed by atoms with Crippen molar-refractivity contribution < 1.29 is 51.0 Å². The first kappa shape index (κ1) is 34.3. The monoisotopic (exact) mass is 586 g/mol. The van der Waals surface area contributed by atoms with Crippen molar-refractivity contribution in [3.63, 3.8) is 0 Å². The minimum Gasteiger partial charge on any atom is -1.00 e. The number of rotatable bonds is 3. The van der Waals surface area contributed by atoms with Gasteiger partial charge in [0.1, 0.15) is 0 Å². The number of fused-ring (bicyclic) bond motifs is 3. The van der Waals surface area contributed by atoms with Crippen molar-refractivity contribution in [3.05, 3.63) is 76.9 Å². The molecule has 1 aliphatic rings. The summed E-state index contributed by atoms with van der Waals surface area (Å²) in [6.07, 6.45) is 9.18. The third-order valence-corrected chi connectivity index (χ3v) is 6.90. The van der Waals surface area contributed by atoms with Gasteiger partial charge >= 0.3 is 26.2 Å². The van der Waals surface area contributed by atoms with Crippen LogP contribution in [-0.4, -0.2) is 0 Å². The maximum atomic E-state index is 3.41. The van der Waals surface area contributed by atoms with Crippen LogP contribution in [0, 0.1) is 12.0 Å². The van der Waals surface area contributed by atoms with E-state index in [-0.39, 0.29) is 61.8 Å². The fourth-order valence-corrected chi connectivity index (χ4v) is 4.74. The van der Waals surface area contributed by atoms with Crippen LogP contribution < -0.4 is 24.8 Å². The van der Waals surface area contributed by atoms with Gasteiger partial charge in [0.2, 0.25) is 0 Å². The maximum Gasteiger partial charge on any atom is 4.00 e. The van der Waals surface area contributed by atoms with Crippen molar-refractivity contribution in [3.8, 4) is 0 Å². The fraction of sp³-hybridized carbons (Fsp3) is 0.469. The molecule has 0 fully saturated rings. The Kier molecular flexibility index (Phi) is 13.4. The topological polar surface area (TPSA) is 0 Å². The minimum absolute atomic E-state index is 0. The molecule has 0 saturated carbocycles. The third-order valence-electron chi connectivity index (χ3n) is 6.90. The first-order valence-corrected chi connectivity index (χ1v) is 12.4. The van der Waals surface area contributed by atoms with Crippen LogP contribution in [0.1, 0.15) is 92.7 Å². The zero-order valence-corrected chi connectivity index (χ0v) is 27.0. The van der Waals surface area contributed by atoms with E-state index in [0.29, 0.717) is 5.92 Å². The summed E-state index contributed by atoms with van der Waals surface area (Å²) < 4.78 is 0. The number of hydrogen-bond acceptors (Lipinski definition) is 0. The van der Waals surface area contributed by atoms with Gasteiger partial charge in [-0.25, -0.2) is 6.08 Å². The summed E-state index contributed by atoms with van der Waals surface area (Å²) in [4.78, 5) is 0. The molecule has 0 nitrogen and oxygen atoms in total. The van der Waals surface area contributed by atoms with E-state index in [2.05, 4.69) is 117 Å². The van der Waals surface area contributed by atoms with Gasteiger partial charge in [-0.3, -0.25) is 6.08 Å². The Morgan fingerprint density at radius 2 is 1.20 bits per heavy atom. The molecule has 0 saturated heterocycles. The predicted octanol–water partition coefficient (Wildman–Crippen LogP) is 3.81. The molecule has 1 atom stereocenters. The van der Waals surface area contributed by atoms with Crippen LogP contribution >= 0.6 is 0 Å². The third kappa shape index (κ3) is 7.87. The molecule has 0 aromatic heterocycles. The number of benzene rings is 2. The SMILES string of the molecule is CC(C)(C)c1ccc2c(c1)[cH-]c1cc(C(C)(C)C)ccc12.CCC1=C(CC)C(CC)[C-]=C1.[Cl-].[Cl-].[Zr+4]. The summed E-state index contributed by atoms with van der Waals surface area (Å²) in [6.45, 7) is 20.3. The van der Waals surface area contributed by atoms with Gasteiger partial charge in [0.25, 0.3) is 0 Å². The van der Waals surface area contributed by atoms with E-state index in [9.17, 15) is 0 Å². The van der Waals surface area contributed by atoms with Crippen molar-refractivity contribution in [1.29, 1.82) is 0 Å². The molecule has 1 aliphatic carbocycles. The van der Waals surface area contributed by atoms with Crippen molar-refractivity contribution in [2.75, 3.05) is 0 Å². The van der Waals surface area contributed by atoms with E-state index < -0.39 is 0 Å². The molecule has 0 N–H and O–H groups in total. The van der Waals surface area contributed by atoms with Crippen molar-refractivity contribution in [2.24, 2.45) is 5.92 Å². The van der Waals surface area contributed by atoms with Crippen LogP contribution in [0.4, 0.5) is 0 Å². The minimum atomic E-state index is 0. The molecule has 0 amide bonds.